The fourth-order valence-electron chi connectivity index (χ4n) is 12.3. The maximum absolute atomic E-state index is 9.58. The van der Waals surface area contributed by atoms with Crippen LogP contribution in [0.5, 0.6) is 0 Å². The SMILES string of the molecule is CN(c1ccccc1)c1ccc(N(C)c2ccc(C(/C=C/C=C(/c3ccc(N(C)c4ccc(N(C)c5ccccc5)cc4)cc3)c3cc4c5c(c3)CCCN5CCC4)=c3cc4c5c(c3)CCC[N+]=5CCC4)cc2)cc1.F[C-](F)F.O=S(=O)=O. The molecule has 4 aliphatic rings. The summed E-state index contributed by atoms with van der Waals surface area (Å²) in [6.07, 6.45) is 16.5. The summed E-state index contributed by atoms with van der Waals surface area (Å²) in [5, 5.41) is 2.82. The molecule has 4 aliphatic heterocycles. The number of nitrogens with zero attached hydrogens (tertiary/aromatic N) is 6. The van der Waals surface area contributed by atoms with Gasteiger partial charge in [0.1, 0.15) is 13.1 Å². The standard InChI is InChI=1S/C69H69N6.CF3.O3S/c1-70(58-20-7-5-8-21-58)62-34-38-64(39-35-62)72(3)60-30-26-50(27-31-60)66(56-46-52-16-12-42-74-43-13-17-53(47-56)68(52)74)24-11-25-67(57-48-54-18-14-44-75-45-15-19-55(49-57)69(54)75)51-28-32-61(33-29-51)73(4)65-40-36-63(37-41-65)71(2)59-22-9-6-10-23-59;2-1(3)4;1-4(2)3/h5-11,20-41,46-49H,12-19,42-45H2,1-4H3;;/q+1;-1;. The van der Waals surface area contributed by atoms with Crippen molar-refractivity contribution in [3.05, 3.63) is 256 Å². The summed E-state index contributed by atoms with van der Waals surface area (Å²) >= 11 is 0. The van der Waals surface area contributed by atoms with Crippen molar-refractivity contribution in [3.8, 4) is 0 Å². The van der Waals surface area contributed by atoms with Crippen molar-refractivity contribution in [1.82, 2.24) is 4.58 Å². The summed E-state index contributed by atoms with van der Waals surface area (Å²) in [5.41, 5.74) is 23.1. The zero-order chi connectivity index (χ0) is 58.0. The van der Waals surface area contributed by atoms with Crippen LogP contribution in [-0.4, -0.2) is 67.0 Å². The van der Waals surface area contributed by atoms with E-state index in [1.54, 1.807) is 0 Å². The summed E-state index contributed by atoms with van der Waals surface area (Å²) < 4.78 is 56.7. The van der Waals surface area contributed by atoms with Crippen LogP contribution in [0.2, 0.25) is 0 Å². The third kappa shape index (κ3) is 13.6. The largest absolute Gasteiger partial charge is 0.425 e. The highest BCUT2D eigenvalue weighted by molar-refractivity contribution is 7.59. The number of allylic oxidation sites excluding steroid dienone is 3. The minimum atomic E-state index is -3.11. The fraction of sp³-hybridized carbons (Fsp3) is 0.229. The number of hydrogen-bond acceptors (Lipinski definition) is 8. The predicted octanol–water partition coefficient (Wildman–Crippen LogP) is 14.1. The average molecular weight is 1130 g/mol. The molecule has 13 heteroatoms. The van der Waals surface area contributed by atoms with Crippen molar-refractivity contribution >= 4 is 72.9 Å². The van der Waals surface area contributed by atoms with E-state index in [0.717, 1.165) is 59.8 Å². The number of anilines is 9. The molecule has 0 unspecified atom stereocenters. The van der Waals surface area contributed by atoms with Crippen molar-refractivity contribution in [2.75, 3.05) is 78.9 Å². The molecular weight excluding hydrogens is 1060 g/mol. The van der Waals surface area contributed by atoms with E-state index in [4.69, 9.17) is 12.6 Å². The maximum atomic E-state index is 9.58. The summed E-state index contributed by atoms with van der Waals surface area (Å²) in [6, 6.07) is 67.3. The Morgan fingerprint density at radius 1 is 0.470 bits per heavy atom. The van der Waals surface area contributed by atoms with Gasteiger partial charge in [0, 0.05) is 116 Å². The topological polar surface area (TPSA) is 70.4 Å². The zero-order valence-corrected chi connectivity index (χ0v) is 48.3. The molecule has 0 atom stereocenters. The predicted molar refractivity (Wildman–Crippen MR) is 334 cm³/mol. The Bertz CT molecular complexity index is 3780. The number of rotatable bonds is 13. The molecule has 0 spiro atoms. The van der Waals surface area contributed by atoms with Crippen LogP contribution in [0.4, 0.5) is 64.4 Å². The van der Waals surface area contributed by atoms with Gasteiger partial charge in [0.25, 0.3) is 0 Å². The zero-order valence-electron chi connectivity index (χ0n) is 47.5. The molecule has 0 bridgehead atoms. The van der Waals surface area contributed by atoms with Crippen molar-refractivity contribution in [2.24, 2.45) is 0 Å². The first-order chi connectivity index (χ1) is 40.3. The lowest BCUT2D eigenvalue weighted by Crippen LogP contribution is -2.44. The van der Waals surface area contributed by atoms with Crippen molar-refractivity contribution in [1.29, 1.82) is 0 Å². The smallest absolute Gasteiger partial charge is 0.385 e. The molecule has 0 N–H and O–H groups in total. The first-order valence-electron chi connectivity index (χ1n) is 28.4. The molecule has 0 fully saturated rings. The molecule has 0 saturated carbocycles. The van der Waals surface area contributed by atoms with Crippen LogP contribution in [-0.2, 0) is 36.3 Å². The van der Waals surface area contributed by atoms with Gasteiger partial charge in [-0.05, 0) is 204 Å². The molecule has 9 nitrogen and oxygen atoms in total. The van der Waals surface area contributed by atoms with Gasteiger partial charge in [-0.15, -0.1) is 12.6 Å². The molecule has 424 valence electrons. The van der Waals surface area contributed by atoms with E-state index in [-0.39, 0.29) is 0 Å². The molecule has 8 aromatic carbocycles. The molecule has 12 rings (SSSR count). The lowest BCUT2D eigenvalue weighted by atomic mass is 9.86. The number of hydrogen-bond donors (Lipinski definition) is 0. The highest BCUT2D eigenvalue weighted by Gasteiger charge is 2.26. The number of benzene rings is 8. The van der Waals surface area contributed by atoms with E-state index in [2.05, 4.69) is 257 Å². The van der Waals surface area contributed by atoms with Gasteiger partial charge >= 0.3 is 10.6 Å². The number of para-hydroxylation sites is 2. The van der Waals surface area contributed by atoms with Crippen LogP contribution < -0.4 is 39.7 Å². The minimum Gasteiger partial charge on any atom is -0.385 e. The lowest BCUT2D eigenvalue weighted by Gasteiger charge is -2.37. The van der Waals surface area contributed by atoms with E-state index < -0.39 is 17.3 Å². The highest BCUT2D eigenvalue weighted by atomic mass is 32.2. The average Bonchev–Trinajstić information content (AvgIpc) is 3.69. The van der Waals surface area contributed by atoms with Gasteiger partial charge in [-0.3, -0.25) is 0 Å². The van der Waals surface area contributed by atoms with Crippen molar-refractivity contribution < 1.29 is 25.8 Å². The van der Waals surface area contributed by atoms with Gasteiger partial charge in [-0.2, -0.15) is 0 Å². The van der Waals surface area contributed by atoms with E-state index >= 15 is 0 Å². The second-order valence-corrected chi connectivity index (χ2v) is 21.9. The Hall–Kier alpha value is -8.68. The molecule has 0 saturated heterocycles. The van der Waals surface area contributed by atoms with Crippen LogP contribution in [0.3, 0.4) is 0 Å². The van der Waals surface area contributed by atoms with Gasteiger partial charge in [0.15, 0.2) is 6.68 Å². The number of aryl methyl sites for hydroxylation is 4. The Morgan fingerprint density at radius 3 is 1.22 bits per heavy atom. The quantitative estimate of drug-likeness (QED) is 0.0643. The maximum Gasteiger partial charge on any atom is 0.425 e. The summed E-state index contributed by atoms with van der Waals surface area (Å²) in [7, 11) is 5.48. The summed E-state index contributed by atoms with van der Waals surface area (Å²) in [6.45, 7) is 1.60. The van der Waals surface area contributed by atoms with Crippen LogP contribution >= 0.6 is 0 Å². The first kappa shape index (κ1) is 57.6. The Kier molecular flexibility index (Phi) is 18.4. The van der Waals surface area contributed by atoms with Crippen molar-refractivity contribution in [3.63, 3.8) is 0 Å². The van der Waals surface area contributed by atoms with Crippen LogP contribution in [0.1, 0.15) is 64.6 Å². The van der Waals surface area contributed by atoms with Crippen LogP contribution in [0, 0.1) is 6.68 Å². The van der Waals surface area contributed by atoms with Gasteiger partial charge in [-0.1, -0.05) is 78.9 Å². The van der Waals surface area contributed by atoms with Crippen LogP contribution in [0.15, 0.2) is 200 Å². The Balaban J connectivity index is 0.000000905. The number of halogens is 3. The minimum absolute atomic E-state index is 1.14. The molecule has 0 radical (unpaired) electrons. The fourth-order valence-corrected chi connectivity index (χ4v) is 12.3. The molecule has 83 heavy (non-hydrogen) atoms. The Morgan fingerprint density at radius 2 is 0.819 bits per heavy atom. The lowest BCUT2D eigenvalue weighted by molar-refractivity contribution is 0.142. The molecule has 8 aromatic rings. The van der Waals surface area contributed by atoms with Crippen LogP contribution in [0.25, 0.3) is 11.1 Å². The van der Waals surface area contributed by atoms with Gasteiger partial charge in [0.05, 0.1) is 0 Å². The second-order valence-electron chi connectivity index (χ2n) is 21.5. The third-order valence-electron chi connectivity index (χ3n) is 16.5. The Labute approximate surface area is 487 Å². The summed E-state index contributed by atoms with van der Waals surface area (Å²) in [4.78, 5) is 11.7. The van der Waals surface area contributed by atoms with Gasteiger partial charge in [-0.25, -0.2) is 4.58 Å². The third-order valence-corrected chi connectivity index (χ3v) is 16.5. The normalized spacial score (nSPS) is 14.1. The van der Waals surface area contributed by atoms with E-state index in [9.17, 15) is 13.2 Å². The molecule has 0 aromatic heterocycles. The first-order valence-corrected chi connectivity index (χ1v) is 29.4. The highest BCUT2D eigenvalue weighted by Crippen LogP contribution is 2.40. The van der Waals surface area contributed by atoms with E-state index in [1.165, 1.54) is 130 Å². The molecular formula is C70H69F3N6O3S. The van der Waals surface area contributed by atoms with Crippen molar-refractivity contribution in [2.45, 2.75) is 51.4 Å². The molecule has 0 aliphatic carbocycles. The second kappa shape index (κ2) is 26.5. The van der Waals surface area contributed by atoms with E-state index in [1.807, 2.05) is 0 Å². The van der Waals surface area contributed by atoms with E-state index in [0.29, 0.717) is 0 Å². The molecule has 0 amide bonds. The van der Waals surface area contributed by atoms with Gasteiger partial charge < -0.3 is 37.7 Å². The monoisotopic (exact) mass is 1130 g/mol. The van der Waals surface area contributed by atoms with Gasteiger partial charge in [0.2, 0.25) is 5.36 Å². The summed E-state index contributed by atoms with van der Waals surface area (Å²) in [5.74, 6) is 0. The molecule has 4 heterocycles.